The van der Waals surface area contributed by atoms with Crippen LogP contribution in [0, 0.1) is 0 Å². The van der Waals surface area contributed by atoms with Crippen molar-refractivity contribution in [3.05, 3.63) is 10.6 Å². The van der Waals surface area contributed by atoms with Crippen LogP contribution in [-0.2, 0) is 4.79 Å². The van der Waals surface area contributed by atoms with Crippen molar-refractivity contribution < 1.29 is 9.90 Å². The number of carboxylic acids is 1. The molecule has 0 spiro atoms. The number of aliphatic carboxylic acids is 1. The highest BCUT2D eigenvalue weighted by Crippen LogP contribution is 2.36. The SMILES string of the molecule is O=C(O)CCCCC1=C2C=NCN2CS1. The third-order valence-electron chi connectivity index (χ3n) is 2.53. The normalized spacial score (nSPS) is 18.8. The predicted molar refractivity (Wildman–Crippen MR) is 60.8 cm³/mol. The molecular formula is C10H14N2O2S. The average molecular weight is 226 g/mol. The Balaban J connectivity index is 1.78. The van der Waals surface area contributed by atoms with Gasteiger partial charge in [-0.05, 0) is 19.3 Å². The van der Waals surface area contributed by atoms with Crippen LogP contribution in [0.1, 0.15) is 25.7 Å². The minimum atomic E-state index is -0.698. The predicted octanol–water partition coefficient (Wildman–Crippen LogP) is 1.89. The summed E-state index contributed by atoms with van der Waals surface area (Å²) in [5.41, 5.74) is 1.26. The molecule has 0 bridgehead atoms. The van der Waals surface area contributed by atoms with Gasteiger partial charge in [0.15, 0.2) is 0 Å². The molecule has 0 aromatic heterocycles. The number of hydrogen-bond donors (Lipinski definition) is 1. The molecule has 1 N–H and O–H groups in total. The minimum absolute atomic E-state index is 0.283. The van der Waals surface area contributed by atoms with Gasteiger partial charge in [-0.2, -0.15) is 0 Å². The van der Waals surface area contributed by atoms with Crippen LogP contribution < -0.4 is 0 Å². The van der Waals surface area contributed by atoms with Gasteiger partial charge in [0.1, 0.15) is 6.67 Å². The van der Waals surface area contributed by atoms with Crippen molar-refractivity contribution in [1.29, 1.82) is 0 Å². The van der Waals surface area contributed by atoms with E-state index in [0.717, 1.165) is 31.8 Å². The monoisotopic (exact) mass is 226 g/mol. The molecule has 5 heteroatoms. The Bertz CT molecular complexity index is 325. The summed E-state index contributed by atoms with van der Waals surface area (Å²) in [6.45, 7) is 0.793. The van der Waals surface area contributed by atoms with Gasteiger partial charge in [0.25, 0.3) is 0 Å². The van der Waals surface area contributed by atoms with Gasteiger partial charge in [0, 0.05) is 17.5 Å². The van der Waals surface area contributed by atoms with E-state index in [1.54, 1.807) is 0 Å². The number of hydrogen-bond acceptors (Lipinski definition) is 4. The summed E-state index contributed by atoms with van der Waals surface area (Å²) in [6, 6.07) is 0. The number of thioether (sulfide) groups is 1. The molecule has 82 valence electrons. The van der Waals surface area contributed by atoms with Gasteiger partial charge in [0.05, 0.1) is 11.6 Å². The molecule has 0 amide bonds. The lowest BCUT2D eigenvalue weighted by atomic mass is 10.2. The lowest BCUT2D eigenvalue weighted by Gasteiger charge is -2.08. The molecule has 0 radical (unpaired) electrons. The lowest BCUT2D eigenvalue weighted by Crippen LogP contribution is -2.13. The van der Waals surface area contributed by atoms with E-state index in [4.69, 9.17) is 5.11 Å². The van der Waals surface area contributed by atoms with E-state index in [0.29, 0.717) is 0 Å². The van der Waals surface area contributed by atoms with Gasteiger partial charge in [-0.25, -0.2) is 0 Å². The smallest absolute Gasteiger partial charge is 0.303 e. The lowest BCUT2D eigenvalue weighted by molar-refractivity contribution is -0.137. The summed E-state index contributed by atoms with van der Waals surface area (Å²) in [5.74, 6) is 0.305. The van der Waals surface area contributed by atoms with Gasteiger partial charge in [-0.15, -0.1) is 11.8 Å². The average Bonchev–Trinajstić information content (AvgIpc) is 2.74. The van der Waals surface area contributed by atoms with Gasteiger partial charge in [-0.3, -0.25) is 9.79 Å². The fourth-order valence-corrected chi connectivity index (χ4v) is 2.88. The second-order valence-electron chi connectivity index (χ2n) is 3.68. The molecule has 0 atom stereocenters. The fraction of sp³-hybridized carbons (Fsp3) is 0.600. The van der Waals surface area contributed by atoms with Gasteiger partial charge in [-0.1, -0.05) is 0 Å². The fourth-order valence-electron chi connectivity index (χ4n) is 1.73. The number of rotatable bonds is 5. The Morgan fingerprint density at radius 2 is 2.47 bits per heavy atom. The molecule has 2 aliphatic rings. The van der Waals surface area contributed by atoms with E-state index >= 15 is 0 Å². The highest BCUT2D eigenvalue weighted by atomic mass is 32.2. The first kappa shape index (κ1) is 10.5. The van der Waals surface area contributed by atoms with Crippen LogP contribution in [0.5, 0.6) is 0 Å². The third-order valence-corrected chi connectivity index (χ3v) is 3.73. The quantitative estimate of drug-likeness (QED) is 0.727. The van der Waals surface area contributed by atoms with Crippen molar-refractivity contribution in [2.24, 2.45) is 4.99 Å². The van der Waals surface area contributed by atoms with Crippen molar-refractivity contribution in [1.82, 2.24) is 4.90 Å². The molecule has 2 aliphatic heterocycles. The number of aliphatic imine (C=N–C) groups is 1. The van der Waals surface area contributed by atoms with Crippen LogP contribution in [0.25, 0.3) is 0 Å². The summed E-state index contributed by atoms with van der Waals surface area (Å²) in [4.78, 5) is 18.2. The van der Waals surface area contributed by atoms with Gasteiger partial charge >= 0.3 is 5.97 Å². The van der Waals surface area contributed by atoms with E-state index in [9.17, 15) is 4.79 Å². The zero-order valence-corrected chi connectivity index (χ0v) is 9.29. The molecule has 0 aromatic rings. The zero-order chi connectivity index (χ0) is 10.7. The number of allylic oxidation sites excluding steroid dienone is 2. The van der Waals surface area contributed by atoms with E-state index in [1.165, 1.54) is 10.6 Å². The highest BCUT2D eigenvalue weighted by molar-refractivity contribution is 8.03. The molecule has 2 heterocycles. The van der Waals surface area contributed by atoms with Gasteiger partial charge < -0.3 is 10.0 Å². The summed E-state index contributed by atoms with van der Waals surface area (Å²) in [5, 5.41) is 8.51. The van der Waals surface area contributed by atoms with Crippen molar-refractivity contribution in [3.8, 4) is 0 Å². The molecular weight excluding hydrogens is 212 g/mol. The molecule has 0 unspecified atom stereocenters. The summed E-state index contributed by atoms with van der Waals surface area (Å²) >= 11 is 1.86. The molecule has 0 saturated carbocycles. The van der Waals surface area contributed by atoms with Crippen molar-refractivity contribution in [3.63, 3.8) is 0 Å². The largest absolute Gasteiger partial charge is 0.481 e. The summed E-state index contributed by atoms with van der Waals surface area (Å²) < 4.78 is 0. The van der Waals surface area contributed by atoms with Crippen LogP contribution in [0.4, 0.5) is 0 Å². The van der Waals surface area contributed by atoms with Crippen molar-refractivity contribution >= 4 is 23.9 Å². The maximum atomic E-state index is 10.3. The van der Waals surface area contributed by atoms with E-state index in [1.807, 2.05) is 18.0 Å². The number of carboxylic acid groups (broad SMARTS) is 1. The number of nitrogens with zero attached hydrogens (tertiary/aromatic N) is 2. The first-order valence-electron chi connectivity index (χ1n) is 5.10. The minimum Gasteiger partial charge on any atom is -0.481 e. The first-order chi connectivity index (χ1) is 7.27. The van der Waals surface area contributed by atoms with E-state index in [-0.39, 0.29) is 6.42 Å². The maximum absolute atomic E-state index is 10.3. The van der Waals surface area contributed by atoms with Crippen LogP contribution in [0.2, 0.25) is 0 Å². The zero-order valence-electron chi connectivity index (χ0n) is 8.48. The Kier molecular flexibility index (Phi) is 3.30. The molecule has 0 aromatic carbocycles. The first-order valence-corrected chi connectivity index (χ1v) is 6.08. The third kappa shape index (κ3) is 2.53. The standard InChI is InChI=1S/C10H14N2O2S/c13-10(14)4-2-1-3-9-8-5-11-6-12(8)7-15-9/h5H,1-4,6-7H2,(H,13,14). The number of fused-ring (bicyclic) bond motifs is 1. The molecule has 0 fully saturated rings. The summed E-state index contributed by atoms with van der Waals surface area (Å²) in [7, 11) is 0. The highest BCUT2D eigenvalue weighted by Gasteiger charge is 2.23. The molecule has 0 aliphatic carbocycles. The van der Waals surface area contributed by atoms with Crippen molar-refractivity contribution in [2.45, 2.75) is 25.7 Å². The van der Waals surface area contributed by atoms with E-state index < -0.39 is 5.97 Å². The Hall–Kier alpha value is -0.970. The maximum Gasteiger partial charge on any atom is 0.303 e. The van der Waals surface area contributed by atoms with Crippen LogP contribution in [-0.4, -0.2) is 34.7 Å². The molecule has 0 saturated heterocycles. The number of carbonyl (C=O) groups is 1. The molecule has 2 rings (SSSR count). The Morgan fingerprint density at radius 1 is 1.60 bits per heavy atom. The van der Waals surface area contributed by atoms with Crippen molar-refractivity contribution in [2.75, 3.05) is 12.5 Å². The Morgan fingerprint density at radius 3 is 3.27 bits per heavy atom. The molecule has 15 heavy (non-hydrogen) atoms. The van der Waals surface area contributed by atoms with Gasteiger partial charge in [0.2, 0.25) is 0 Å². The van der Waals surface area contributed by atoms with Crippen LogP contribution >= 0.6 is 11.8 Å². The second-order valence-corrected chi connectivity index (χ2v) is 4.72. The Labute approximate surface area is 93.1 Å². The number of unbranched alkanes of at least 4 members (excludes halogenated alkanes) is 1. The summed E-state index contributed by atoms with van der Waals surface area (Å²) in [6.07, 6.45) is 4.94. The topological polar surface area (TPSA) is 52.9 Å². The second kappa shape index (κ2) is 4.70. The van der Waals surface area contributed by atoms with E-state index in [2.05, 4.69) is 9.89 Å². The molecule has 4 nitrogen and oxygen atoms in total. The van der Waals surface area contributed by atoms with Crippen LogP contribution in [0.15, 0.2) is 15.6 Å². The van der Waals surface area contributed by atoms with Crippen LogP contribution in [0.3, 0.4) is 0 Å².